The van der Waals surface area contributed by atoms with Crippen LogP contribution in [-0.2, 0) is 16.1 Å². The smallest absolute Gasteiger partial charge is 0.246 e. The van der Waals surface area contributed by atoms with Gasteiger partial charge in [-0.1, -0.05) is 32.3 Å². The minimum absolute atomic E-state index is 0.00465. The van der Waals surface area contributed by atoms with E-state index in [-0.39, 0.29) is 24.5 Å². The molecule has 2 amide bonds. The maximum atomic E-state index is 13.0. The Morgan fingerprint density at radius 2 is 2.15 bits per heavy atom. The Morgan fingerprint density at radius 3 is 2.91 bits per heavy atom. The molecule has 8 nitrogen and oxygen atoms in total. The molecule has 2 fully saturated rings. The second-order valence-electron chi connectivity index (χ2n) is 9.29. The minimum Gasteiger partial charge on any atom is -0.494 e. The van der Waals surface area contributed by atoms with Crippen LogP contribution in [0.3, 0.4) is 0 Å². The molecule has 3 aliphatic rings. The topological polar surface area (TPSA) is 94.5 Å². The second kappa shape index (κ2) is 11.0. The number of hydrogen-bond donors (Lipinski definition) is 2. The highest BCUT2D eigenvalue weighted by Crippen LogP contribution is 2.33. The van der Waals surface area contributed by atoms with E-state index in [9.17, 15) is 14.7 Å². The number of amides is 2. The Kier molecular flexibility index (Phi) is 7.85. The average Bonchev–Trinajstić information content (AvgIpc) is 3.46. The fourth-order valence-corrected chi connectivity index (χ4v) is 5.34. The minimum atomic E-state index is -0.0351. The molecule has 33 heavy (non-hydrogen) atoms. The zero-order chi connectivity index (χ0) is 23.2. The number of hydrogen-bond acceptors (Lipinski definition) is 6. The van der Waals surface area contributed by atoms with Crippen molar-refractivity contribution in [3.63, 3.8) is 0 Å². The highest BCUT2D eigenvalue weighted by atomic mass is 16.5. The largest absolute Gasteiger partial charge is 0.494 e. The Bertz CT molecular complexity index is 881. The second-order valence-corrected chi connectivity index (χ2v) is 9.29. The molecule has 1 saturated heterocycles. The third-order valence-electron chi connectivity index (χ3n) is 6.92. The van der Waals surface area contributed by atoms with Crippen LogP contribution in [0.1, 0.15) is 63.9 Å². The van der Waals surface area contributed by atoms with Gasteiger partial charge in [-0.25, -0.2) is 4.99 Å². The molecule has 0 bridgehead atoms. The highest BCUT2D eigenvalue weighted by Gasteiger charge is 2.32. The van der Waals surface area contributed by atoms with Crippen molar-refractivity contribution in [1.82, 2.24) is 15.1 Å². The van der Waals surface area contributed by atoms with Crippen LogP contribution in [0.2, 0.25) is 0 Å². The number of carbonyl (C=O) groups is 2. The fraction of sp³-hybridized carbons (Fsp3) is 0.640. The van der Waals surface area contributed by atoms with E-state index in [0.29, 0.717) is 56.7 Å². The van der Waals surface area contributed by atoms with Gasteiger partial charge >= 0.3 is 0 Å². The van der Waals surface area contributed by atoms with Crippen molar-refractivity contribution in [1.29, 1.82) is 0 Å². The molecule has 1 aromatic rings. The molecule has 2 heterocycles. The summed E-state index contributed by atoms with van der Waals surface area (Å²) in [6.45, 7) is 4.03. The molecule has 180 valence electrons. The molecule has 4 rings (SSSR count). The molecule has 0 radical (unpaired) electrons. The summed E-state index contributed by atoms with van der Waals surface area (Å²) in [7, 11) is 0. The standard InChI is InChI=1S/C25H36N4O4/c1-2-6-22(18-7-3-4-8-18)29(12-13-30)24(32)9-5-14-33-20-11-10-19-16-28-17-23(31)27-25(28)26-21(19)15-20/h10-11,15,18,22,30H,2-9,12-14,16-17H2,1H3,(H,26,27,31). The van der Waals surface area contributed by atoms with E-state index < -0.39 is 0 Å². The monoisotopic (exact) mass is 456 g/mol. The Labute approximate surface area is 196 Å². The maximum absolute atomic E-state index is 13.0. The number of guanidine groups is 1. The van der Waals surface area contributed by atoms with E-state index in [2.05, 4.69) is 17.2 Å². The van der Waals surface area contributed by atoms with Gasteiger partial charge in [-0.2, -0.15) is 0 Å². The van der Waals surface area contributed by atoms with Gasteiger partial charge in [-0.05, 0) is 43.2 Å². The van der Waals surface area contributed by atoms with Crippen molar-refractivity contribution in [3.8, 4) is 5.75 Å². The lowest BCUT2D eigenvalue weighted by atomic mass is 9.92. The molecule has 1 atom stereocenters. The van der Waals surface area contributed by atoms with Gasteiger partial charge in [0.25, 0.3) is 0 Å². The number of fused-ring (bicyclic) bond motifs is 2. The number of aliphatic imine (C=N–C) groups is 1. The summed E-state index contributed by atoms with van der Waals surface area (Å²) in [4.78, 5) is 33.0. The first kappa shape index (κ1) is 23.5. The number of carbonyl (C=O) groups excluding carboxylic acids is 2. The fourth-order valence-electron chi connectivity index (χ4n) is 5.34. The van der Waals surface area contributed by atoms with Gasteiger partial charge < -0.3 is 19.6 Å². The molecule has 1 aromatic carbocycles. The van der Waals surface area contributed by atoms with Crippen LogP contribution < -0.4 is 10.1 Å². The predicted molar refractivity (Wildman–Crippen MR) is 126 cm³/mol. The lowest BCUT2D eigenvalue weighted by Crippen LogP contribution is -2.45. The quantitative estimate of drug-likeness (QED) is 0.499. The predicted octanol–water partition coefficient (Wildman–Crippen LogP) is 2.96. The van der Waals surface area contributed by atoms with Crippen LogP contribution in [0.15, 0.2) is 23.2 Å². The normalized spacial score (nSPS) is 18.4. The summed E-state index contributed by atoms with van der Waals surface area (Å²) in [5.41, 5.74) is 1.87. The Hall–Kier alpha value is -2.61. The summed E-state index contributed by atoms with van der Waals surface area (Å²) < 4.78 is 5.91. The summed E-state index contributed by atoms with van der Waals surface area (Å²) in [5.74, 6) is 1.96. The number of benzene rings is 1. The third kappa shape index (κ3) is 5.66. The van der Waals surface area contributed by atoms with Gasteiger partial charge in [0.2, 0.25) is 17.8 Å². The van der Waals surface area contributed by atoms with Gasteiger partial charge in [-0.3, -0.25) is 14.9 Å². The Morgan fingerprint density at radius 1 is 1.33 bits per heavy atom. The highest BCUT2D eigenvalue weighted by molar-refractivity contribution is 6.05. The zero-order valence-electron chi connectivity index (χ0n) is 19.6. The van der Waals surface area contributed by atoms with Gasteiger partial charge in [-0.15, -0.1) is 0 Å². The van der Waals surface area contributed by atoms with E-state index >= 15 is 0 Å². The first-order valence-electron chi connectivity index (χ1n) is 12.4. The molecule has 1 aliphatic carbocycles. The van der Waals surface area contributed by atoms with Crippen molar-refractivity contribution in [3.05, 3.63) is 23.8 Å². The maximum Gasteiger partial charge on any atom is 0.246 e. The third-order valence-corrected chi connectivity index (χ3v) is 6.92. The summed E-state index contributed by atoms with van der Waals surface area (Å²) in [6, 6.07) is 6.04. The first-order valence-corrected chi connectivity index (χ1v) is 12.4. The van der Waals surface area contributed by atoms with E-state index in [1.54, 1.807) is 0 Å². The zero-order valence-corrected chi connectivity index (χ0v) is 19.6. The molecule has 0 aromatic heterocycles. The first-order chi connectivity index (χ1) is 16.1. The van der Waals surface area contributed by atoms with E-state index in [4.69, 9.17) is 4.74 Å². The van der Waals surface area contributed by atoms with Gasteiger partial charge in [0.05, 0.1) is 18.9 Å². The number of aliphatic hydroxyl groups excluding tert-OH is 1. The lowest BCUT2D eigenvalue weighted by molar-refractivity contribution is -0.135. The van der Waals surface area contributed by atoms with Crippen LogP contribution in [0, 0.1) is 5.92 Å². The van der Waals surface area contributed by atoms with Crippen molar-refractivity contribution in [2.24, 2.45) is 10.9 Å². The van der Waals surface area contributed by atoms with Crippen molar-refractivity contribution in [2.75, 3.05) is 26.3 Å². The Balaban J connectivity index is 1.29. The molecule has 0 spiro atoms. The average molecular weight is 457 g/mol. The number of nitrogens with zero attached hydrogens (tertiary/aromatic N) is 3. The molecule has 2 aliphatic heterocycles. The van der Waals surface area contributed by atoms with Crippen LogP contribution in [0.25, 0.3) is 0 Å². The van der Waals surface area contributed by atoms with Crippen molar-refractivity contribution in [2.45, 2.75) is 70.9 Å². The number of nitrogens with one attached hydrogen (secondary N) is 1. The molecular formula is C25H36N4O4. The van der Waals surface area contributed by atoms with Gasteiger partial charge in [0.1, 0.15) is 12.3 Å². The van der Waals surface area contributed by atoms with Gasteiger partial charge in [0, 0.05) is 31.6 Å². The van der Waals surface area contributed by atoms with Gasteiger partial charge in [0.15, 0.2) is 0 Å². The molecule has 1 unspecified atom stereocenters. The molecule has 2 N–H and O–H groups in total. The van der Waals surface area contributed by atoms with E-state index in [1.165, 1.54) is 25.7 Å². The summed E-state index contributed by atoms with van der Waals surface area (Å²) in [5, 5.41) is 12.4. The van der Waals surface area contributed by atoms with E-state index in [0.717, 1.165) is 24.1 Å². The number of ether oxygens (including phenoxy) is 1. The molecule has 8 heteroatoms. The molecule has 1 saturated carbocycles. The van der Waals surface area contributed by atoms with Crippen LogP contribution in [-0.4, -0.2) is 65.0 Å². The summed E-state index contributed by atoms with van der Waals surface area (Å²) in [6.07, 6.45) is 7.96. The SMILES string of the molecule is CCCC(C1CCCC1)N(CCO)C(=O)CCCOc1ccc2c(c1)N=C1NC(=O)CN1C2. The van der Waals surface area contributed by atoms with Crippen LogP contribution in [0.5, 0.6) is 5.75 Å². The van der Waals surface area contributed by atoms with Crippen LogP contribution in [0.4, 0.5) is 5.69 Å². The van der Waals surface area contributed by atoms with E-state index in [1.807, 2.05) is 28.0 Å². The van der Waals surface area contributed by atoms with Crippen LogP contribution >= 0.6 is 0 Å². The summed E-state index contributed by atoms with van der Waals surface area (Å²) >= 11 is 0. The lowest BCUT2D eigenvalue weighted by Gasteiger charge is -2.35. The molecular weight excluding hydrogens is 420 g/mol. The number of rotatable bonds is 11. The number of aliphatic hydroxyl groups is 1. The van der Waals surface area contributed by atoms with Crippen molar-refractivity contribution >= 4 is 23.5 Å². The van der Waals surface area contributed by atoms with Crippen molar-refractivity contribution < 1.29 is 19.4 Å².